The Bertz CT molecular complexity index is 746. The maximum absolute atomic E-state index is 5.48. The van der Waals surface area contributed by atoms with Crippen molar-refractivity contribution in [3.63, 3.8) is 0 Å². The van der Waals surface area contributed by atoms with Gasteiger partial charge >= 0.3 is 0 Å². The van der Waals surface area contributed by atoms with Crippen LogP contribution in [-0.4, -0.2) is 19.3 Å². The van der Waals surface area contributed by atoms with Crippen molar-refractivity contribution in [3.05, 3.63) is 53.1 Å². The van der Waals surface area contributed by atoms with Crippen LogP contribution >= 0.6 is 12.2 Å². The summed E-state index contributed by atoms with van der Waals surface area (Å²) in [5.74, 6) is 1.35. The molecule has 25 heavy (non-hydrogen) atoms. The minimum Gasteiger partial charge on any atom is -0.493 e. The van der Waals surface area contributed by atoms with Crippen molar-refractivity contribution >= 4 is 23.0 Å². The third kappa shape index (κ3) is 4.86. The highest BCUT2D eigenvalue weighted by atomic mass is 32.1. The first-order valence-electron chi connectivity index (χ1n) is 8.35. The van der Waals surface area contributed by atoms with Gasteiger partial charge < -0.3 is 20.1 Å². The lowest BCUT2D eigenvalue weighted by Crippen LogP contribution is -2.32. The zero-order valence-corrected chi connectivity index (χ0v) is 16.3. The van der Waals surface area contributed by atoms with Gasteiger partial charge in [0.05, 0.1) is 20.3 Å². The highest BCUT2D eigenvalue weighted by Crippen LogP contribution is 2.29. The Balaban J connectivity index is 2.08. The maximum Gasteiger partial charge on any atom is 0.171 e. The minimum atomic E-state index is 0.166. The van der Waals surface area contributed by atoms with Crippen LogP contribution in [0.3, 0.4) is 0 Å². The molecular formula is C20H26N2O2S. The fourth-order valence-electron chi connectivity index (χ4n) is 2.64. The number of rotatable bonds is 6. The van der Waals surface area contributed by atoms with Crippen LogP contribution in [0.2, 0.25) is 0 Å². The summed E-state index contributed by atoms with van der Waals surface area (Å²) in [6, 6.07) is 12.3. The van der Waals surface area contributed by atoms with Crippen LogP contribution in [0.25, 0.3) is 0 Å². The Morgan fingerprint density at radius 2 is 1.72 bits per heavy atom. The molecule has 0 heterocycles. The summed E-state index contributed by atoms with van der Waals surface area (Å²) in [6.45, 7) is 6.40. The van der Waals surface area contributed by atoms with E-state index in [4.69, 9.17) is 21.7 Å². The van der Waals surface area contributed by atoms with E-state index in [1.54, 1.807) is 14.2 Å². The van der Waals surface area contributed by atoms with Gasteiger partial charge in [0.1, 0.15) is 0 Å². The van der Waals surface area contributed by atoms with Crippen LogP contribution in [0.5, 0.6) is 11.5 Å². The van der Waals surface area contributed by atoms with E-state index in [9.17, 15) is 0 Å². The van der Waals surface area contributed by atoms with Crippen molar-refractivity contribution in [2.24, 2.45) is 0 Å². The Hall–Kier alpha value is -2.27. The number of hydrogen-bond acceptors (Lipinski definition) is 3. The average Bonchev–Trinajstić information content (AvgIpc) is 2.61. The minimum absolute atomic E-state index is 0.166. The van der Waals surface area contributed by atoms with Crippen LogP contribution in [-0.2, 0) is 0 Å². The second-order valence-electron chi connectivity index (χ2n) is 5.97. The molecule has 0 fully saturated rings. The van der Waals surface area contributed by atoms with E-state index in [0.29, 0.717) is 16.6 Å². The molecule has 1 atom stereocenters. The second kappa shape index (κ2) is 8.72. The zero-order valence-electron chi connectivity index (χ0n) is 15.5. The second-order valence-corrected chi connectivity index (χ2v) is 6.38. The fourth-order valence-corrected chi connectivity index (χ4v) is 2.90. The number of thiocarbonyl (C=S) groups is 1. The Labute approximate surface area is 155 Å². The Morgan fingerprint density at radius 1 is 1.00 bits per heavy atom. The third-order valence-corrected chi connectivity index (χ3v) is 4.51. The van der Waals surface area contributed by atoms with E-state index in [2.05, 4.69) is 49.6 Å². The molecule has 2 aromatic carbocycles. The Morgan fingerprint density at radius 3 is 2.32 bits per heavy atom. The van der Waals surface area contributed by atoms with E-state index in [1.165, 1.54) is 16.7 Å². The summed E-state index contributed by atoms with van der Waals surface area (Å²) in [5.41, 5.74) is 4.67. The van der Waals surface area contributed by atoms with Crippen molar-refractivity contribution in [2.45, 2.75) is 33.2 Å². The van der Waals surface area contributed by atoms with Crippen molar-refractivity contribution in [1.29, 1.82) is 0 Å². The fraction of sp³-hybridized carbons (Fsp3) is 0.350. The van der Waals surface area contributed by atoms with Crippen LogP contribution in [0, 0.1) is 13.8 Å². The highest BCUT2D eigenvalue weighted by molar-refractivity contribution is 7.80. The molecule has 134 valence electrons. The standard InChI is InChI=1S/C20H26N2O2S/c1-6-17(15-8-7-13(2)14(3)11-15)22-20(25)21-16-9-10-18(23-4)19(12-16)24-5/h7-12,17H,6H2,1-5H3,(H2,21,22,25)/t17-/m0/s1. The van der Waals surface area contributed by atoms with Crippen LogP contribution in [0.15, 0.2) is 36.4 Å². The number of anilines is 1. The molecule has 0 saturated heterocycles. The summed E-state index contributed by atoms with van der Waals surface area (Å²) >= 11 is 5.48. The van der Waals surface area contributed by atoms with E-state index in [-0.39, 0.29) is 6.04 Å². The molecule has 0 spiro atoms. The predicted octanol–water partition coefficient (Wildman–Crippen LogP) is 4.76. The van der Waals surface area contributed by atoms with Gasteiger partial charge in [0.15, 0.2) is 16.6 Å². The largest absolute Gasteiger partial charge is 0.493 e. The molecule has 0 saturated carbocycles. The summed E-state index contributed by atoms with van der Waals surface area (Å²) < 4.78 is 10.6. The molecule has 0 unspecified atom stereocenters. The first kappa shape index (κ1) is 19.1. The zero-order chi connectivity index (χ0) is 18.4. The van der Waals surface area contributed by atoms with Crippen LogP contribution < -0.4 is 20.1 Å². The van der Waals surface area contributed by atoms with Gasteiger partial charge in [-0.1, -0.05) is 25.1 Å². The van der Waals surface area contributed by atoms with Crippen molar-refractivity contribution in [1.82, 2.24) is 5.32 Å². The van der Waals surface area contributed by atoms with Gasteiger partial charge in [-0.15, -0.1) is 0 Å². The van der Waals surface area contributed by atoms with Crippen LogP contribution in [0.4, 0.5) is 5.69 Å². The quantitative estimate of drug-likeness (QED) is 0.729. The van der Waals surface area contributed by atoms with E-state index < -0.39 is 0 Å². The van der Waals surface area contributed by atoms with Gasteiger partial charge in [-0.05, 0) is 61.3 Å². The van der Waals surface area contributed by atoms with Gasteiger partial charge in [-0.3, -0.25) is 0 Å². The average molecular weight is 359 g/mol. The monoisotopic (exact) mass is 358 g/mol. The number of benzene rings is 2. The first-order valence-corrected chi connectivity index (χ1v) is 8.76. The van der Waals surface area contributed by atoms with Crippen molar-refractivity contribution < 1.29 is 9.47 Å². The van der Waals surface area contributed by atoms with E-state index in [0.717, 1.165) is 12.1 Å². The molecule has 0 aromatic heterocycles. The first-order chi connectivity index (χ1) is 12.0. The highest BCUT2D eigenvalue weighted by Gasteiger charge is 2.12. The molecule has 0 aliphatic heterocycles. The summed E-state index contributed by atoms with van der Waals surface area (Å²) in [5, 5.41) is 7.19. The lowest BCUT2D eigenvalue weighted by atomic mass is 9.99. The molecule has 0 bridgehead atoms. The molecule has 2 N–H and O–H groups in total. The smallest absolute Gasteiger partial charge is 0.171 e. The van der Waals surface area contributed by atoms with Gasteiger partial charge in [0.25, 0.3) is 0 Å². The topological polar surface area (TPSA) is 42.5 Å². The molecule has 5 heteroatoms. The normalized spacial score (nSPS) is 11.6. The number of nitrogens with one attached hydrogen (secondary N) is 2. The van der Waals surface area contributed by atoms with Gasteiger partial charge in [-0.2, -0.15) is 0 Å². The number of ether oxygens (including phenoxy) is 2. The van der Waals surface area contributed by atoms with Crippen molar-refractivity contribution in [2.75, 3.05) is 19.5 Å². The molecule has 2 aromatic rings. The molecule has 0 aliphatic carbocycles. The molecule has 4 nitrogen and oxygen atoms in total. The number of methoxy groups -OCH3 is 2. The summed E-state index contributed by atoms with van der Waals surface area (Å²) in [6.07, 6.45) is 0.941. The summed E-state index contributed by atoms with van der Waals surface area (Å²) in [4.78, 5) is 0. The van der Waals surface area contributed by atoms with Crippen molar-refractivity contribution in [3.8, 4) is 11.5 Å². The lowest BCUT2D eigenvalue weighted by molar-refractivity contribution is 0.355. The van der Waals surface area contributed by atoms with Crippen LogP contribution in [0.1, 0.15) is 36.1 Å². The molecular weight excluding hydrogens is 332 g/mol. The molecule has 0 aliphatic rings. The Kier molecular flexibility index (Phi) is 6.65. The van der Waals surface area contributed by atoms with Gasteiger partial charge in [0, 0.05) is 11.8 Å². The SMILES string of the molecule is CC[C@H](NC(=S)Nc1ccc(OC)c(OC)c1)c1ccc(C)c(C)c1. The van der Waals surface area contributed by atoms with Gasteiger partial charge in [-0.25, -0.2) is 0 Å². The molecule has 0 radical (unpaired) electrons. The number of aryl methyl sites for hydroxylation is 2. The maximum atomic E-state index is 5.48. The summed E-state index contributed by atoms with van der Waals surface area (Å²) in [7, 11) is 3.23. The molecule has 0 amide bonds. The van der Waals surface area contributed by atoms with E-state index in [1.807, 2.05) is 18.2 Å². The third-order valence-electron chi connectivity index (χ3n) is 4.29. The lowest BCUT2D eigenvalue weighted by Gasteiger charge is -2.21. The molecule has 2 rings (SSSR count). The number of hydrogen-bond donors (Lipinski definition) is 2. The predicted molar refractivity (Wildman–Crippen MR) is 108 cm³/mol. The van der Waals surface area contributed by atoms with E-state index >= 15 is 0 Å². The van der Waals surface area contributed by atoms with Gasteiger partial charge in [0.2, 0.25) is 0 Å².